The van der Waals surface area contributed by atoms with Crippen LogP contribution in [0.3, 0.4) is 0 Å². The summed E-state index contributed by atoms with van der Waals surface area (Å²) in [6.45, 7) is 1.44. The number of ether oxygens (including phenoxy) is 2. The molecule has 2 aromatic rings. The highest BCUT2D eigenvalue weighted by atomic mass is 16.7. The van der Waals surface area contributed by atoms with Crippen LogP contribution in [-0.4, -0.2) is 33.4 Å². The molecule has 2 aliphatic rings. The van der Waals surface area contributed by atoms with Gasteiger partial charge in [0.05, 0.1) is 36.9 Å². The SMILES string of the molecule is c1cn2cnc(C3CC4(C3)OCCO4)c2cn1. The summed E-state index contributed by atoms with van der Waals surface area (Å²) in [4.78, 5) is 8.64. The van der Waals surface area contributed by atoms with E-state index in [0.29, 0.717) is 5.92 Å². The molecule has 1 aliphatic carbocycles. The predicted molar refractivity (Wildman–Crippen MR) is 59.6 cm³/mol. The van der Waals surface area contributed by atoms with Gasteiger partial charge in [0.15, 0.2) is 5.79 Å². The van der Waals surface area contributed by atoms with Crippen LogP contribution in [0.2, 0.25) is 0 Å². The second kappa shape index (κ2) is 3.27. The first-order chi connectivity index (χ1) is 8.36. The van der Waals surface area contributed by atoms with Gasteiger partial charge in [-0.3, -0.25) is 4.98 Å². The largest absolute Gasteiger partial charge is 0.347 e. The van der Waals surface area contributed by atoms with Gasteiger partial charge in [0.2, 0.25) is 0 Å². The number of nitrogens with zero attached hydrogens (tertiary/aromatic N) is 3. The molecule has 0 N–H and O–H groups in total. The van der Waals surface area contributed by atoms with Crippen LogP contribution in [0.1, 0.15) is 24.5 Å². The van der Waals surface area contributed by atoms with Gasteiger partial charge >= 0.3 is 0 Å². The van der Waals surface area contributed by atoms with E-state index < -0.39 is 0 Å². The highest BCUT2D eigenvalue weighted by Gasteiger charge is 2.50. The molecule has 3 heterocycles. The summed E-state index contributed by atoms with van der Waals surface area (Å²) < 4.78 is 13.3. The second-order valence-electron chi connectivity index (χ2n) is 4.71. The zero-order valence-electron chi connectivity index (χ0n) is 9.37. The lowest BCUT2D eigenvalue weighted by Crippen LogP contribution is -2.43. The fourth-order valence-corrected chi connectivity index (χ4v) is 2.79. The summed E-state index contributed by atoms with van der Waals surface area (Å²) in [6, 6.07) is 0. The molecule has 1 saturated carbocycles. The molecule has 0 aromatic carbocycles. The average Bonchev–Trinajstić information content (AvgIpc) is 2.93. The van der Waals surface area contributed by atoms with E-state index in [0.717, 1.165) is 37.3 Å². The van der Waals surface area contributed by atoms with E-state index in [-0.39, 0.29) is 5.79 Å². The molecule has 5 heteroatoms. The zero-order chi connectivity index (χ0) is 11.3. The van der Waals surface area contributed by atoms with Gasteiger partial charge in [0, 0.05) is 31.2 Å². The lowest BCUT2D eigenvalue weighted by Gasteiger charge is -2.42. The van der Waals surface area contributed by atoms with Crippen LogP contribution in [0.4, 0.5) is 0 Å². The van der Waals surface area contributed by atoms with Crippen molar-refractivity contribution in [1.82, 2.24) is 14.4 Å². The third-order valence-corrected chi connectivity index (χ3v) is 3.69. The third kappa shape index (κ3) is 1.33. The van der Waals surface area contributed by atoms with E-state index in [9.17, 15) is 0 Å². The van der Waals surface area contributed by atoms with Crippen molar-refractivity contribution in [2.45, 2.75) is 24.5 Å². The Labute approximate surface area is 98.4 Å². The first kappa shape index (κ1) is 9.56. The summed E-state index contributed by atoms with van der Waals surface area (Å²) in [5.74, 6) is 0.130. The fraction of sp³-hybridized carbons (Fsp3) is 0.500. The van der Waals surface area contributed by atoms with Crippen LogP contribution in [0.15, 0.2) is 24.9 Å². The minimum atomic E-state index is -0.303. The Kier molecular flexibility index (Phi) is 1.84. The van der Waals surface area contributed by atoms with Gasteiger partial charge in [-0.25, -0.2) is 4.98 Å². The van der Waals surface area contributed by atoms with Gasteiger partial charge in [-0.2, -0.15) is 0 Å². The number of rotatable bonds is 1. The van der Waals surface area contributed by atoms with Gasteiger partial charge in [-0.15, -0.1) is 0 Å². The summed E-state index contributed by atoms with van der Waals surface area (Å²) in [5.41, 5.74) is 2.20. The van der Waals surface area contributed by atoms with E-state index in [1.807, 2.05) is 23.1 Å². The number of imidazole rings is 1. The number of hydrogen-bond donors (Lipinski definition) is 0. The van der Waals surface area contributed by atoms with E-state index >= 15 is 0 Å². The number of aromatic nitrogens is 3. The van der Waals surface area contributed by atoms with Gasteiger partial charge in [0.1, 0.15) is 0 Å². The molecule has 0 amide bonds. The van der Waals surface area contributed by atoms with Crippen LogP contribution in [0, 0.1) is 0 Å². The molecule has 0 bridgehead atoms. The molecule has 4 rings (SSSR count). The first-order valence-corrected chi connectivity index (χ1v) is 5.91. The molecule has 1 spiro atoms. The molecule has 2 fully saturated rings. The molecule has 0 atom stereocenters. The van der Waals surface area contributed by atoms with Gasteiger partial charge in [-0.05, 0) is 0 Å². The number of hydrogen-bond acceptors (Lipinski definition) is 4. The Morgan fingerprint density at radius 1 is 1.29 bits per heavy atom. The summed E-state index contributed by atoms with van der Waals surface area (Å²) in [6.07, 6.45) is 9.22. The summed E-state index contributed by atoms with van der Waals surface area (Å²) in [7, 11) is 0. The topological polar surface area (TPSA) is 48.7 Å². The lowest BCUT2D eigenvalue weighted by molar-refractivity contribution is -0.215. The first-order valence-electron chi connectivity index (χ1n) is 5.91. The Morgan fingerprint density at radius 2 is 2.12 bits per heavy atom. The Bertz CT molecular complexity index is 552. The molecule has 88 valence electrons. The minimum Gasteiger partial charge on any atom is -0.347 e. The third-order valence-electron chi connectivity index (χ3n) is 3.69. The van der Waals surface area contributed by atoms with Crippen molar-refractivity contribution in [2.75, 3.05) is 13.2 Å². The van der Waals surface area contributed by atoms with Crippen LogP contribution in [0.5, 0.6) is 0 Å². The molecule has 1 aliphatic heterocycles. The van der Waals surface area contributed by atoms with Crippen LogP contribution in [0.25, 0.3) is 5.52 Å². The summed E-state index contributed by atoms with van der Waals surface area (Å²) >= 11 is 0. The van der Waals surface area contributed by atoms with E-state index in [1.165, 1.54) is 0 Å². The standard InChI is InChI=1S/C12H13N3O2/c1-2-15-8-14-11(10(15)7-13-1)9-5-12(6-9)16-3-4-17-12/h1-2,7-9H,3-6H2. The zero-order valence-corrected chi connectivity index (χ0v) is 9.37. The molecular formula is C12H13N3O2. The van der Waals surface area contributed by atoms with E-state index in [1.54, 1.807) is 6.20 Å². The maximum atomic E-state index is 5.64. The predicted octanol–water partition coefficient (Wildman–Crippen LogP) is 1.35. The van der Waals surface area contributed by atoms with E-state index in [4.69, 9.17) is 9.47 Å². The van der Waals surface area contributed by atoms with Gasteiger partial charge < -0.3 is 13.9 Å². The van der Waals surface area contributed by atoms with Gasteiger partial charge in [-0.1, -0.05) is 0 Å². The molecule has 0 unspecified atom stereocenters. The van der Waals surface area contributed by atoms with Crippen LogP contribution < -0.4 is 0 Å². The maximum absolute atomic E-state index is 5.64. The Morgan fingerprint density at radius 3 is 2.94 bits per heavy atom. The van der Waals surface area contributed by atoms with Crippen molar-refractivity contribution in [3.8, 4) is 0 Å². The van der Waals surface area contributed by atoms with Crippen molar-refractivity contribution in [3.63, 3.8) is 0 Å². The quantitative estimate of drug-likeness (QED) is 0.743. The van der Waals surface area contributed by atoms with Crippen LogP contribution >= 0.6 is 0 Å². The summed E-state index contributed by atoms with van der Waals surface area (Å²) in [5, 5.41) is 0. The molecule has 5 nitrogen and oxygen atoms in total. The fourth-order valence-electron chi connectivity index (χ4n) is 2.79. The highest BCUT2D eigenvalue weighted by molar-refractivity contribution is 5.52. The Balaban J connectivity index is 1.64. The van der Waals surface area contributed by atoms with Crippen LogP contribution in [-0.2, 0) is 9.47 Å². The average molecular weight is 231 g/mol. The molecule has 2 aromatic heterocycles. The number of fused-ring (bicyclic) bond motifs is 1. The molecule has 1 saturated heterocycles. The smallest absolute Gasteiger partial charge is 0.169 e. The normalized spacial score (nSPS) is 23.3. The molecular weight excluding hydrogens is 218 g/mol. The minimum absolute atomic E-state index is 0.303. The van der Waals surface area contributed by atoms with Crippen molar-refractivity contribution in [3.05, 3.63) is 30.6 Å². The van der Waals surface area contributed by atoms with Crippen molar-refractivity contribution < 1.29 is 9.47 Å². The molecule has 17 heavy (non-hydrogen) atoms. The monoisotopic (exact) mass is 231 g/mol. The maximum Gasteiger partial charge on any atom is 0.169 e. The second-order valence-corrected chi connectivity index (χ2v) is 4.71. The van der Waals surface area contributed by atoms with Crippen molar-refractivity contribution in [2.24, 2.45) is 0 Å². The van der Waals surface area contributed by atoms with Gasteiger partial charge in [0.25, 0.3) is 0 Å². The van der Waals surface area contributed by atoms with E-state index in [2.05, 4.69) is 9.97 Å². The van der Waals surface area contributed by atoms with Crippen molar-refractivity contribution >= 4 is 5.52 Å². The van der Waals surface area contributed by atoms with Crippen molar-refractivity contribution in [1.29, 1.82) is 0 Å². The highest BCUT2D eigenvalue weighted by Crippen LogP contribution is 2.49. The lowest BCUT2D eigenvalue weighted by atomic mass is 9.76. The molecule has 0 radical (unpaired) electrons. The Hall–Kier alpha value is -1.46.